The number of anilines is 1. The first-order valence-corrected chi connectivity index (χ1v) is 18.3. The lowest BCUT2D eigenvalue weighted by atomic mass is 9.90. The van der Waals surface area contributed by atoms with Gasteiger partial charge in [0.15, 0.2) is 0 Å². The Morgan fingerprint density at radius 3 is 2.25 bits per heavy atom. The Morgan fingerprint density at radius 2 is 1.73 bits per heavy atom. The number of carbonyl (C=O) groups is 4. The van der Waals surface area contributed by atoms with E-state index in [1.54, 1.807) is 51.8 Å². The number of esters is 1. The first-order valence-electron chi connectivity index (χ1n) is 18.3. The second-order valence-electron chi connectivity index (χ2n) is 13.1. The molecule has 1 aliphatic heterocycles. The number of aromatic nitrogens is 2. The lowest BCUT2D eigenvalue weighted by molar-refractivity contribution is -0.144. The van der Waals surface area contributed by atoms with Crippen molar-refractivity contribution < 1.29 is 33.4 Å². The van der Waals surface area contributed by atoms with E-state index in [1.165, 1.54) is 13.5 Å². The summed E-state index contributed by atoms with van der Waals surface area (Å²) >= 11 is 0. The molecule has 7 atom stereocenters. The molecule has 3 rings (SSSR count). The molecule has 2 amide bonds. The number of likely N-dealkylation sites (N-methyl/N-ethyl adjacent to an activating group) is 2. The van der Waals surface area contributed by atoms with Crippen molar-refractivity contribution in [2.45, 2.75) is 103 Å². The topological polar surface area (TPSA) is 152 Å². The van der Waals surface area contributed by atoms with E-state index in [1.807, 2.05) is 42.2 Å². The van der Waals surface area contributed by atoms with E-state index in [0.29, 0.717) is 18.8 Å². The predicted octanol–water partition coefficient (Wildman–Crippen LogP) is 4.41. The van der Waals surface area contributed by atoms with Crippen LogP contribution in [0, 0.1) is 11.8 Å². The summed E-state index contributed by atoms with van der Waals surface area (Å²) in [4.78, 5) is 60.8. The first kappa shape index (κ1) is 46.1. The molecule has 1 aromatic heterocycles. The fourth-order valence-electron chi connectivity index (χ4n) is 6.26. The number of aldehydes is 1. The van der Waals surface area contributed by atoms with Crippen molar-refractivity contribution >= 4 is 29.9 Å². The molecule has 13 heteroatoms. The van der Waals surface area contributed by atoms with E-state index in [2.05, 4.69) is 53.0 Å². The zero-order valence-electron chi connectivity index (χ0n) is 33.0. The average molecular weight is 729 g/mol. The predicted molar refractivity (Wildman–Crippen MR) is 204 cm³/mol. The van der Waals surface area contributed by atoms with Crippen molar-refractivity contribution in [1.82, 2.24) is 25.1 Å². The largest absolute Gasteiger partial charge is 0.468 e. The quantitative estimate of drug-likeness (QED) is 0.166. The summed E-state index contributed by atoms with van der Waals surface area (Å²) in [5.41, 5.74) is 1.12. The van der Waals surface area contributed by atoms with E-state index in [0.717, 1.165) is 31.1 Å². The number of carbonyl (C=O) groups excluding carboxylic acids is 4. The summed E-state index contributed by atoms with van der Waals surface area (Å²) < 4.78 is 16.1. The highest BCUT2D eigenvalue weighted by Crippen LogP contribution is 2.28. The van der Waals surface area contributed by atoms with Gasteiger partial charge in [-0.3, -0.25) is 19.4 Å². The minimum absolute atomic E-state index is 0.0497. The lowest BCUT2D eigenvalue weighted by Gasteiger charge is -2.39. The molecular formula is C39H64N6O7. The van der Waals surface area contributed by atoms with Gasteiger partial charge in [-0.2, -0.15) is 0 Å². The number of methoxy groups -OCH3 is 3. The number of amides is 2. The highest BCUT2D eigenvalue weighted by atomic mass is 16.5. The molecule has 1 saturated heterocycles. The molecule has 2 aromatic rings. The Morgan fingerprint density at radius 1 is 1.06 bits per heavy atom. The smallest absolute Gasteiger partial charge is 0.323 e. The summed E-state index contributed by atoms with van der Waals surface area (Å²) in [5.74, 6) is -0.0916. The van der Waals surface area contributed by atoms with E-state index >= 15 is 0 Å². The number of benzene rings is 1. The van der Waals surface area contributed by atoms with E-state index < -0.39 is 6.10 Å². The Bertz CT molecular complexity index is 1290. The third-order valence-corrected chi connectivity index (χ3v) is 9.23. The van der Waals surface area contributed by atoms with Gasteiger partial charge in [0.05, 0.1) is 50.6 Å². The van der Waals surface area contributed by atoms with Crippen LogP contribution < -0.4 is 10.6 Å². The SMILES string of the molecule is CCC.CCC(C)C(C(CC(=O)N1CCCC1C(OC)C(C)C=O)OC)N(C)C(=O)CNc1cnccn1.CN[C@@H](Cc1ccccc1)C(=O)OC. The molecule has 0 radical (unpaired) electrons. The lowest BCUT2D eigenvalue weighted by Crippen LogP contribution is -2.53. The van der Waals surface area contributed by atoms with Crippen LogP contribution >= 0.6 is 0 Å². The summed E-state index contributed by atoms with van der Waals surface area (Å²) in [6.45, 7) is 10.9. The highest BCUT2D eigenvalue weighted by Gasteiger charge is 2.40. The van der Waals surface area contributed by atoms with Gasteiger partial charge >= 0.3 is 5.97 Å². The first-order chi connectivity index (χ1) is 25.0. The van der Waals surface area contributed by atoms with Crippen molar-refractivity contribution in [2.24, 2.45) is 11.8 Å². The van der Waals surface area contributed by atoms with Crippen LogP contribution in [0.4, 0.5) is 5.82 Å². The number of hydrogen-bond acceptors (Lipinski definition) is 11. The molecule has 52 heavy (non-hydrogen) atoms. The van der Waals surface area contributed by atoms with Crippen LogP contribution in [-0.2, 0) is 39.8 Å². The Balaban J connectivity index is 0.000000657. The van der Waals surface area contributed by atoms with Crippen LogP contribution in [0.2, 0.25) is 0 Å². The maximum Gasteiger partial charge on any atom is 0.323 e. The standard InChI is InChI=1S/C25H41N5O5.C11H15NO2.C3H8/c1-7-17(2)24(29(4)23(33)15-28-21-14-26-10-11-27-21)20(34-5)13-22(32)30-12-8-9-19(30)25(35-6)18(3)16-31;1-12-10(11(13)14-2)8-9-6-4-3-5-7-9;1-3-2/h10-11,14,16-20,24-25H,7-9,12-13,15H2,1-6H3,(H,27,28);3-7,10,12H,8H2,1-2H3;3H2,1-2H3/t;10-;/m.0./s1. The molecule has 0 saturated carbocycles. The number of nitrogens with one attached hydrogen (secondary N) is 2. The van der Waals surface area contributed by atoms with Crippen LogP contribution in [0.25, 0.3) is 0 Å². The maximum atomic E-state index is 13.4. The molecule has 1 aromatic carbocycles. The molecule has 1 fully saturated rings. The number of hydrogen-bond donors (Lipinski definition) is 2. The normalized spacial score (nSPS) is 17.0. The molecule has 6 unspecified atom stereocenters. The molecular weight excluding hydrogens is 664 g/mol. The fraction of sp³-hybridized carbons (Fsp3) is 0.641. The fourth-order valence-corrected chi connectivity index (χ4v) is 6.26. The number of likely N-dealkylation sites (tertiary alicyclic amines) is 1. The Labute approximate surface area is 311 Å². The van der Waals surface area contributed by atoms with Crippen LogP contribution in [0.3, 0.4) is 0 Å². The maximum absolute atomic E-state index is 13.4. The van der Waals surface area contributed by atoms with E-state index in [9.17, 15) is 19.2 Å². The second kappa shape index (κ2) is 25.9. The molecule has 2 N–H and O–H groups in total. The van der Waals surface area contributed by atoms with Gasteiger partial charge in [0.1, 0.15) is 18.1 Å². The summed E-state index contributed by atoms with van der Waals surface area (Å²) in [6, 6.07) is 9.15. The third kappa shape index (κ3) is 15.0. The third-order valence-electron chi connectivity index (χ3n) is 9.23. The van der Waals surface area contributed by atoms with E-state index in [4.69, 9.17) is 9.47 Å². The summed E-state index contributed by atoms with van der Waals surface area (Å²) in [7, 11) is 8.07. The summed E-state index contributed by atoms with van der Waals surface area (Å²) in [6.07, 6.45) is 9.26. The van der Waals surface area contributed by atoms with Gasteiger partial charge in [0, 0.05) is 46.1 Å². The molecule has 2 heterocycles. The van der Waals surface area contributed by atoms with Crippen LogP contribution in [-0.4, -0.2) is 123 Å². The molecule has 0 bridgehead atoms. The number of nitrogens with zero attached hydrogens (tertiary/aromatic N) is 4. The Hall–Kier alpha value is -3.94. The highest BCUT2D eigenvalue weighted by molar-refractivity contribution is 5.81. The zero-order chi connectivity index (χ0) is 39.1. The molecule has 1 aliphatic rings. The van der Waals surface area contributed by atoms with Crippen molar-refractivity contribution in [3.63, 3.8) is 0 Å². The van der Waals surface area contributed by atoms with Crippen LogP contribution in [0.1, 0.15) is 72.3 Å². The van der Waals surface area contributed by atoms with Crippen LogP contribution in [0.5, 0.6) is 0 Å². The van der Waals surface area contributed by atoms with Crippen LogP contribution in [0.15, 0.2) is 48.9 Å². The molecule has 13 nitrogen and oxygen atoms in total. The number of ether oxygens (including phenoxy) is 3. The zero-order valence-corrected chi connectivity index (χ0v) is 33.0. The Kier molecular flexibility index (Phi) is 23.0. The van der Waals surface area contributed by atoms with Crippen molar-refractivity contribution in [3.05, 3.63) is 54.5 Å². The summed E-state index contributed by atoms with van der Waals surface area (Å²) in [5, 5.41) is 5.92. The number of rotatable bonds is 18. The van der Waals surface area contributed by atoms with Gasteiger partial charge < -0.3 is 39.4 Å². The van der Waals surface area contributed by atoms with E-state index in [-0.39, 0.29) is 66.8 Å². The second-order valence-corrected chi connectivity index (χ2v) is 13.1. The van der Waals surface area contributed by atoms with Crippen molar-refractivity contribution in [1.29, 1.82) is 0 Å². The minimum Gasteiger partial charge on any atom is -0.468 e. The molecule has 0 aliphatic carbocycles. The van der Waals surface area contributed by atoms with Gasteiger partial charge in [-0.15, -0.1) is 0 Å². The van der Waals surface area contributed by atoms with Crippen molar-refractivity contribution in [3.8, 4) is 0 Å². The van der Waals surface area contributed by atoms with Gasteiger partial charge in [-0.1, -0.05) is 77.8 Å². The molecule has 292 valence electrons. The van der Waals surface area contributed by atoms with Gasteiger partial charge in [-0.25, -0.2) is 4.98 Å². The van der Waals surface area contributed by atoms with Crippen molar-refractivity contribution in [2.75, 3.05) is 53.8 Å². The average Bonchev–Trinajstić information content (AvgIpc) is 3.66. The van der Waals surface area contributed by atoms with Gasteiger partial charge in [-0.05, 0) is 37.8 Å². The minimum atomic E-state index is -0.478. The van der Waals surface area contributed by atoms with Gasteiger partial charge in [0.2, 0.25) is 11.8 Å². The monoisotopic (exact) mass is 728 g/mol. The molecule has 0 spiro atoms. The van der Waals surface area contributed by atoms with Gasteiger partial charge in [0.25, 0.3) is 0 Å².